The predicted molar refractivity (Wildman–Crippen MR) is 117 cm³/mol. The summed E-state index contributed by atoms with van der Waals surface area (Å²) in [4.78, 5) is 20.2. The third-order valence-electron chi connectivity index (χ3n) is 4.98. The number of fused-ring (bicyclic) bond motifs is 1. The maximum absolute atomic E-state index is 12.5. The summed E-state index contributed by atoms with van der Waals surface area (Å²) in [7, 11) is -3.40. The number of rotatable bonds is 5. The van der Waals surface area contributed by atoms with Crippen molar-refractivity contribution in [3.8, 4) is 11.1 Å². The third kappa shape index (κ3) is 4.11. The fourth-order valence-corrected chi connectivity index (χ4v) is 4.39. The van der Waals surface area contributed by atoms with Crippen molar-refractivity contribution in [2.75, 3.05) is 6.26 Å². The summed E-state index contributed by atoms with van der Waals surface area (Å²) in [6.07, 6.45) is 4.76. The van der Waals surface area contributed by atoms with Crippen LogP contribution < -0.4 is 5.32 Å². The number of sulfone groups is 1. The zero-order chi connectivity index (χ0) is 21.3. The van der Waals surface area contributed by atoms with Gasteiger partial charge in [-0.15, -0.1) is 0 Å². The van der Waals surface area contributed by atoms with Crippen molar-refractivity contribution in [3.05, 3.63) is 83.8 Å². The van der Waals surface area contributed by atoms with E-state index in [1.807, 2.05) is 36.5 Å². The second-order valence-electron chi connectivity index (χ2n) is 7.25. The van der Waals surface area contributed by atoms with Crippen molar-refractivity contribution >= 4 is 26.6 Å². The minimum atomic E-state index is -3.40. The second-order valence-corrected chi connectivity index (χ2v) is 9.23. The number of carbonyl (C=O) groups is 1. The van der Waals surface area contributed by atoms with Gasteiger partial charge < -0.3 is 10.3 Å². The SMILES string of the molecule is Cc1ccc(C(=O)NCc2cc(-c3ccc4[nH]ccc4c3)ccn2)cc1S(C)(=O)=O. The number of aromatic nitrogens is 2. The molecular weight excluding hydrogens is 398 g/mol. The Balaban J connectivity index is 1.52. The van der Waals surface area contributed by atoms with Gasteiger partial charge in [0.25, 0.3) is 5.91 Å². The van der Waals surface area contributed by atoms with Gasteiger partial charge in [-0.1, -0.05) is 12.1 Å². The Labute approximate surface area is 174 Å². The number of nitrogens with zero attached hydrogens (tertiary/aromatic N) is 1. The lowest BCUT2D eigenvalue weighted by molar-refractivity contribution is 0.0950. The highest BCUT2D eigenvalue weighted by Crippen LogP contribution is 2.24. The Morgan fingerprint density at radius 1 is 1.03 bits per heavy atom. The summed E-state index contributed by atoms with van der Waals surface area (Å²) < 4.78 is 23.8. The number of hydrogen-bond donors (Lipinski definition) is 2. The maximum atomic E-state index is 12.5. The summed E-state index contributed by atoms with van der Waals surface area (Å²) >= 11 is 0. The molecule has 0 radical (unpaired) electrons. The number of benzene rings is 2. The van der Waals surface area contributed by atoms with Gasteiger partial charge in [-0.3, -0.25) is 9.78 Å². The highest BCUT2D eigenvalue weighted by molar-refractivity contribution is 7.90. The molecule has 30 heavy (non-hydrogen) atoms. The van der Waals surface area contributed by atoms with E-state index in [0.29, 0.717) is 16.8 Å². The van der Waals surface area contributed by atoms with E-state index in [1.54, 1.807) is 25.3 Å². The van der Waals surface area contributed by atoms with Gasteiger partial charge in [0.2, 0.25) is 0 Å². The monoisotopic (exact) mass is 419 g/mol. The van der Waals surface area contributed by atoms with Crippen molar-refractivity contribution in [2.24, 2.45) is 0 Å². The van der Waals surface area contributed by atoms with Gasteiger partial charge in [0.15, 0.2) is 9.84 Å². The Morgan fingerprint density at radius 2 is 1.83 bits per heavy atom. The van der Waals surface area contributed by atoms with Gasteiger partial charge >= 0.3 is 0 Å². The molecule has 0 spiro atoms. The number of pyridine rings is 1. The summed E-state index contributed by atoms with van der Waals surface area (Å²) in [6, 6.07) is 16.7. The Morgan fingerprint density at radius 3 is 2.63 bits per heavy atom. The molecule has 7 heteroatoms. The number of nitrogens with one attached hydrogen (secondary N) is 2. The van der Waals surface area contributed by atoms with Crippen molar-refractivity contribution in [2.45, 2.75) is 18.4 Å². The van der Waals surface area contributed by atoms with Crippen molar-refractivity contribution < 1.29 is 13.2 Å². The van der Waals surface area contributed by atoms with E-state index < -0.39 is 9.84 Å². The first-order valence-corrected chi connectivity index (χ1v) is 11.3. The molecule has 2 N–H and O–H groups in total. The molecule has 0 aliphatic rings. The number of H-pyrrole nitrogens is 1. The molecule has 0 atom stereocenters. The van der Waals surface area contributed by atoms with Crippen LogP contribution in [-0.4, -0.2) is 30.5 Å². The summed E-state index contributed by atoms with van der Waals surface area (Å²) in [5.41, 5.74) is 4.77. The zero-order valence-electron chi connectivity index (χ0n) is 16.6. The van der Waals surface area contributed by atoms with Gasteiger partial charge in [0, 0.05) is 29.7 Å². The number of carbonyl (C=O) groups excluding carboxylic acids is 1. The Hall–Kier alpha value is -3.45. The first-order chi connectivity index (χ1) is 14.3. The molecule has 0 saturated carbocycles. The van der Waals surface area contributed by atoms with E-state index >= 15 is 0 Å². The quantitative estimate of drug-likeness (QED) is 0.514. The Kier molecular flexibility index (Phi) is 5.13. The molecule has 152 valence electrons. The van der Waals surface area contributed by atoms with Crippen LogP contribution in [0, 0.1) is 6.92 Å². The molecule has 4 rings (SSSR count). The lowest BCUT2D eigenvalue weighted by Crippen LogP contribution is -2.23. The average molecular weight is 420 g/mol. The predicted octanol–water partition coefficient (Wildman–Crippen LogP) is 3.87. The van der Waals surface area contributed by atoms with Crippen LogP contribution in [0.5, 0.6) is 0 Å². The van der Waals surface area contributed by atoms with Crippen LogP contribution in [0.15, 0.2) is 71.9 Å². The van der Waals surface area contributed by atoms with Crippen molar-refractivity contribution in [1.29, 1.82) is 0 Å². The topological polar surface area (TPSA) is 91.9 Å². The molecule has 0 bridgehead atoms. The van der Waals surface area contributed by atoms with Crippen molar-refractivity contribution in [1.82, 2.24) is 15.3 Å². The standard InChI is InChI=1S/C23H21N3O3S/c1-15-3-4-19(13-22(15)30(2,28)29)23(27)26-14-20-12-17(7-9-24-20)16-5-6-21-18(11-16)8-10-25-21/h3-13,25H,14H2,1-2H3,(H,26,27). The molecule has 0 aliphatic carbocycles. The van der Waals surface area contributed by atoms with E-state index in [-0.39, 0.29) is 17.3 Å². The summed E-state index contributed by atoms with van der Waals surface area (Å²) in [6.45, 7) is 1.94. The molecule has 0 fully saturated rings. The van der Waals surface area contributed by atoms with Crippen LogP contribution >= 0.6 is 0 Å². The van der Waals surface area contributed by atoms with Crippen LogP contribution in [0.3, 0.4) is 0 Å². The minimum Gasteiger partial charge on any atom is -0.361 e. The van der Waals surface area contributed by atoms with Crippen LogP contribution in [0.2, 0.25) is 0 Å². The van der Waals surface area contributed by atoms with Gasteiger partial charge in [-0.05, 0) is 71.5 Å². The van der Waals surface area contributed by atoms with Crippen LogP contribution in [0.25, 0.3) is 22.0 Å². The Bertz CT molecular complexity index is 1360. The van der Waals surface area contributed by atoms with Gasteiger partial charge in [-0.25, -0.2) is 8.42 Å². The molecule has 0 unspecified atom stereocenters. The smallest absolute Gasteiger partial charge is 0.251 e. The third-order valence-corrected chi connectivity index (χ3v) is 6.22. The molecule has 2 aromatic carbocycles. The zero-order valence-corrected chi connectivity index (χ0v) is 17.5. The van der Waals surface area contributed by atoms with Crippen LogP contribution in [-0.2, 0) is 16.4 Å². The molecule has 4 aromatic rings. The first-order valence-electron chi connectivity index (χ1n) is 9.42. The van der Waals surface area contributed by atoms with E-state index in [0.717, 1.165) is 28.3 Å². The second kappa shape index (κ2) is 7.76. The lowest BCUT2D eigenvalue weighted by Gasteiger charge is -2.09. The average Bonchev–Trinajstić information content (AvgIpc) is 3.19. The molecule has 0 aliphatic heterocycles. The van der Waals surface area contributed by atoms with E-state index in [1.165, 1.54) is 6.07 Å². The highest BCUT2D eigenvalue weighted by atomic mass is 32.2. The minimum absolute atomic E-state index is 0.162. The number of aryl methyl sites for hydroxylation is 1. The van der Waals surface area contributed by atoms with Crippen LogP contribution in [0.1, 0.15) is 21.6 Å². The molecular formula is C23H21N3O3S. The maximum Gasteiger partial charge on any atom is 0.251 e. The van der Waals surface area contributed by atoms with Gasteiger partial charge in [0.1, 0.15) is 0 Å². The normalized spacial score (nSPS) is 11.5. The van der Waals surface area contributed by atoms with Gasteiger partial charge in [-0.2, -0.15) is 0 Å². The molecule has 6 nitrogen and oxygen atoms in total. The van der Waals surface area contributed by atoms with Crippen LogP contribution in [0.4, 0.5) is 0 Å². The van der Waals surface area contributed by atoms with Crippen molar-refractivity contribution in [3.63, 3.8) is 0 Å². The molecule has 2 heterocycles. The van der Waals surface area contributed by atoms with Gasteiger partial charge in [0.05, 0.1) is 17.1 Å². The first kappa shape index (κ1) is 19.8. The molecule has 2 aromatic heterocycles. The van der Waals surface area contributed by atoms with E-state index in [2.05, 4.69) is 21.4 Å². The largest absolute Gasteiger partial charge is 0.361 e. The summed E-state index contributed by atoms with van der Waals surface area (Å²) in [5, 5.41) is 3.94. The van der Waals surface area contributed by atoms with E-state index in [4.69, 9.17) is 0 Å². The fraction of sp³-hybridized carbons (Fsp3) is 0.130. The number of amides is 1. The highest BCUT2D eigenvalue weighted by Gasteiger charge is 2.15. The molecule has 0 saturated heterocycles. The van der Waals surface area contributed by atoms with E-state index in [9.17, 15) is 13.2 Å². The number of hydrogen-bond acceptors (Lipinski definition) is 4. The lowest BCUT2D eigenvalue weighted by atomic mass is 10.0. The number of aromatic amines is 1. The summed E-state index contributed by atoms with van der Waals surface area (Å²) in [5.74, 6) is -0.346. The molecule has 1 amide bonds. The fourth-order valence-electron chi connectivity index (χ4n) is 3.40.